The summed E-state index contributed by atoms with van der Waals surface area (Å²) in [5.74, 6) is 0.931. The molecule has 2 unspecified atom stereocenters. The zero-order chi connectivity index (χ0) is 12.3. The largest absolute Gasteiger partial charge is 0.312 e. The zero-order valence-electron chi connectivity index (χ0n) is 11.8. The van der Waals surface area contributed by atoms with E-state index in [1.807, 2.05) is 0 Å². The Kier molecular flexibility index (Phi) is 4.83. The summed E-state index contributed by atoms with van der Waals surface area (Å²) in [5.41, 5.74) is 0. The Morgan fingerprint density at radius 1 is 1.24 bits per heavy atom. The molecule has 1 N–H and O–H groups in total. The third-order valence-electron chi connectivity index (χ3n) is 4.60. The van der Waals surface area contributed by atoms with Crippen molar-refractivity contribution in [1.82, 2.24) is 15.1 Å². The Labute approximate surface area is 107 Å². The molecule has 1 saturated heterocycles. The standard InChI is InChI=1S/C14H29N3/c1-4-8-15-14(12-6-5-7-12)13-11-16(2)9-10-17(13)3/h12-15H,4-11H2,1-3H3. The van der Waals surface area contributed by atoms with E-state index in [1.165, 1.54) is 51.9 Å². The molecule has 2 fully saturated rings. The van der Waals surface area contributed by atoms with Gasteiger partial charge in [-0.15, -0.1) is 0 Å². The fraction of sp³-hybridized carbons (Fsp3) is 1.00. The Bertz CT molecular complexity index is 228. The number of nitrogens with one attached hydrogen (secondary N) is 1. The second-order valence-corrected chi connectivity index (χ2v) is 5.98. The highest BCUT2D eigenvalue weighted by Crippen LogP contribution is 2.32. The van der Waals surface area contributed by atoms with E-state index in [9.17, 15) is 0 Å². The molecule has 0 bridgehead atoms. The Hall–Kier alpha value is -0.120. The minimum atomic E-state index is 0.714. The van der Waals surface area contributed by atoms with Gasteiger partial charge in [0, 0.05) is 31.7 Å². The van der Waals surface area contributed by atoms with Gasteiger partial charge in [-0.1, -0.05) is 13.3 Å². The van der Waals surface area contributed by atoms with Gasteiger partial charge in [-0.2, -0.15) is 0 Å². The highest BCUT2D eigenvalue weighted by molar-refractivity contribution is 4.95. The quantitative estimate of drug-likeness (QED) is 0.782. The Balaban J connectivity index is 1.96. The molecule has 3 nitrogen and oxygen atoms in total. The molecule has 2 atom stereocenters. The smallest absolute Gasteiger partial charge is 0.0376 e. The number of nitrogens with zero attached hydrogens (tertiary/aromatic N) is 2. The van der Waals surface area contributed by atoms with Gasteiger partial charge in [-0.3, -0.25) is 4.90 Å². The first-order valence-corrected chi connectivity index (χ1v) is 7.34. The van der Waals surface area contributed by atoms with Crippen LogP contribution >= 0.6 is 0 Å². The van der Waals surface area contributed by atoms with Crippen LogP contribution in [0.25, 0.3) is 0 Å². The third kappa shape index (κ3) is 3.21. The van der Waals surface area contributed by atoms with Gasteiger partial charge >= 0.3 is 0 Å². The van der Waals surface area contributed by atoms with E-state index in [0.717, 1.165) is 12.0 Å². The molecule has 1 saturated carbocycles. The zero-order valence-corrected chi connectivity index (χ0v) is 11.8. The van der Waals surface area contributed by atoms with Crippen molar-refractivity contribution in [3.05, 3.63) is 0 Å². The Morgan fingerprint density at radius 2 is 2.00 bits per heavy atom. The topological polar surface area (TPSA) is 18.5 Å². The average Bonchev–Trinajstić information content (AvgIpc) is 2.25. The lowest BCUT2D eigenvalue weighted by Crippen LogP contribution is -2.61. The Morgan fingerprint density at radius 3 is 2.59 bits per heavy atom. The first-order chi connectivity index (χ1) is 8.22. The molecule has 100 valence electrons. The molecule has 3 heteroatoms. The fourth-order valence-electron chi connectivity index (χ4n) is 3.16. The maximum absolute atomic E-state index is 3.82. The summed E-state index contributed by atoms with van der Waals surface area (Å²) >= 11 is 0. The van der Waals surface area contributed by atoms with Crippen molar-refractivity contribution in [2.45, 2.75) is 44.7 Å². The number of hydrogen-bond acceptors (Lipinski definition) is 3. The molecule has 1 aliphatic heterocycles. The van der Waals surface area contributed by atoms with E-state index in [2.05, 4.69) is 36.1 Å². The molecule has 0 aromatic carbocycles. The third-order valence-corrected chi connectivity index (χ3v) is 4.60. The van der Waals surface area contributed by atoms with E-state index >= 15 is 0 Å². The molecule has 0 spiro atoms. The predicted octanol–water partition coefficient (Wildman–Crippen LogP) is 1.40. The van der Waals surface area contributed by atoms with Crippen LogP contribution in [0.1, 0.15) is 32.6 Å². The molecule has 0 aromatic rings. The van der Waals surface area contributed by atoms with E-state index in [-0.39, 0.29) is 0 Å². The SMILES string of the molecule is CCCNC(C1CCC1)C1CN(C)CCN1C. The minimum Gasteiger partial charge on any atom is -0.312 e. The van der Waals surface area contributed by atoms with Crippen LogP contribution in [0.3, 0.4) is 0 Å². The number of rotatable bonds is 5. The van der Waals surface area contributed by atoms with Crippen LogP contribution in [0.4, 0.5) is 0 Å². The molecule has 0 amide bonds. The number of piperazine rings is 1. The first-order valence-electron chi connectivity index (χ1n) is 7.34. The van der Waals surface area contributed by atoms with Crippen LogP contribution in [-0.4, -0.2) is 62.2 Å². The first kappa shape index (κ1) is 13.3. The summed E-state index contributed by atoms with van der Waals surface area (Å²) in [6.07, 6.45) is 5.57. The van der Waals surface area contributed by atoms with Gasteiger partial charge in [0.05, 0.1) is 0 Å². The molecule has 2 aliphatic rings. The van der Waals surface area contributed by atoms with Crippen molar-refractivity contribution < 1.29 is 0 Å². The summed E-state index contributed by atoms with van der Waals surface area (Å²) in [7, 11) is 4.56. The molecule has 1 aliphatic carbocycles. The van der Waals surface area contributed by atoms with Crippen LogP contribution in [-0.2, 0) is 0 Å². The normalized spacial score (nSPS) is 30.2. The lowest BCUT2D eigenvalue weighted by atomic mass is 9.76. The second kappa shape index (κ2) is 6.17. The number of hydrogen-bond donors (Lipinski definition) is 1. The molecular weight excluding hydrogens is 210 g/mol. The summed E-state index contributed by atoms with van der Waals surface area (Å²) in [6.45, 7) is 7.11. The van der Waals surface area contributed by atoms with Crippen molar-refractivity contribution in [1.29, 1.82) is 0 Å². The summed E-state index contributed by atoms with van der Waals surface area (Å²) in [5, 5.41) is 3.82. The van der Waals surface area contributed by atoms with Gasteiger partial charge in [0.25, 0.3) is 0 Å². The lowest BCUT2D eigenvalue weighted by molar-refractivity contribution is 0.0530. The minimum absolute atomic E-state index is 0.714. The van der Waals surface area contributed by atoms with Gasteiger partial charge in [0.1, 0.15) is 0 Å². The van der Waals surface area contributed by atoms with Gasteiger partial charge in [0.2, 0.25) is 0 Å². The van der Waals surface area contributed by atoms with Gasteiger partial charge < -0.3 is 10.2 Å². The van der Waals surface area contributed by atoms with Crippen LogP contribution < -0.4 is 5.32 Å². The summed E-state index contributed by atoms with van der Waals surface area (Å²) < 4.78 is 0. The molecule has 2 rings (SSSR count). The molecular formula is C14H29N3. The fourth-order valence-corrected chi connectivity index (χ4v) is 3.16. The highest BCUT2D eigenvalue weighted by Gasteiger charge is 2.36. The van der Waals surface area contributed by atoms with Crippen LogP contribution in [0, 0.1) is 5.92 Å². The second-order valence-electron chi connectivity index (χ2n) is 5.98. The van der Waals surface area contributed by atoms with Crippen LogP contribution in [0.5, 0.6) is 0 Å². The van der Waals surface area contributed by atoms with Crippen molar-refractivity contribution in [3.63, 3.8) is 0 Å². The average molecular weight is 239 g/mol. The van der Waals surface area contributed by atoms with E-state index in [0.29, 0.717) is 6.04 Å². The van der Waals surface area contributed by atoms with Crippen molar-refractivity contribution in [3.8, 4) is 0 Å². The molecule has 0 aromatic heterocycles. The highest BCUT2D eigenvalue weighted by atomic mass is 15.3. The van der Waals surface area contributed by atoms with Crippen molar-refractivity contribution in [2.75, 3.05) is 40.3 Å². The van der Waals surface area contributed by atoms with Gasteiger partial charge in [0.15, 0.2) is 0 Å². The number of likely N-dealkylation sites (N-methyl/N-ethyl adjacent to an activating group) is 2. The van der Waals surface area contributed by atoms with Crippen LogP contribution in [0.15, 0.2) is 0 Å². The van der Waals surface area contributed by atoms with Gasteiger partial charge in [-0.25, -0.2) is 0 Å². The monoisotopic (exact) mass is 239 g/mol. The van der Waals surface area contributed by atoms with Crippen molar-refractivity contribution >= 4 is 0 Å². The van der Waals surface area contributed by atoms with Crippen molar-refractivity contribution in [2.24, 2.45) is 5.92 Å². The van der Waals surface area contributed by atoms with E-state index in [1.54, 1.807) is 0 Å². The van der Waals surface area contributed by atoms with E-state index < -0.39 is 0 Å². The molecule has 1 heterocycles. The summed E-state index contributed by atoms with van der Waals surface area (Å²) in [4.78, 5) is 5.07. The lowest BCUT2D eigenvalue weighted by Gasteiger charge is -2.47. The maximum Gasteiger partial charge on any atom is 0.0376 e. The molecule has 17 heavy (non-hydrogen) atoms. The summed E-state index contributed by atoms with van der Waals surface area (Å²) in [6, 6.07) is 1.43. The molecule has 0 radical (unpaired) electrons. The van der Waals surface area contributed by atoms with E-state index in [4.69, 9.17) is 0 Å². The van der Waals surface area contributed by atoms with Gasteiger partial charge in [-0.05, 0) is 45.8 Å². The maximum atomic E-state index is 3.82. The van der Waals surface area contributed by atoms with Crippen LogP contribution in [0.2, 0.25) is 0 Å². The predicted molar refractivity (Wildman–Crippen MR) is 73.3 cm³/mol.